The molecule has 2 aromatic heterocycles. The predicted octanol–water partition coefficient (Wildman–Crippen LogP) is 3.35. The maximum absolute atomic E-state index is 12.9. The van der Waals surface area contributed by atoms with Crippen molar-refractivity contribution in [2.75, 3.05) is 19.7 Å². The van der Waals surface area contributed by atoms with Gasteiger partial charge in [-0.3, -0.25) is 9.78 Å². The number of fused-ring (bicyclic) bond motifs is 1. The van der Waals surface area contributed by atoms with E-state index in [4.69, 9.17) is 9.15 Å². The summed E-state index contributed by atoms with van der Waals surface area (Å²) in [5.74, 6) is 0.872. The third-order valence-corrected chi connectivity index (χ3v) is 4.32. The second-order valence-electron chi connectivity index (χ2n) is 6.00. The summed E-state index contributed by atoms with van der Waals surface area (Å²) >= 11 is 0. The molecule has 5 nitrogen and oxygen atoms in total. The standard InChI is InChI=1S/C19H18N2O3/c1-13-10-16-11-15(2-3-17(16)24-13)19(22)21-8-9-23-18(12-21)14-4-6-20-7-5-14/h2-7,10-11,18H,8-9,12H2,1H3/t18-/m0/s1. The Balaban J connectivity index is 1.56. The summed E-state index contributed by atoms with van der Waals surface area (Å²) in [6.07, 6.45) is 3.38. The first-order chi connectivity index (χ1) is 11.7. The molecule has 24 heavy (non-hydrogen) atoms. The molecule has 1 atom stereocenters. The van der Waals surface area contributed by atoms with E-state index in [1.165, 1.54) is 0 Å². The highest BCUT2D eigenvalue weighted by Crippen LogP contribution is 2.25. The average Bonchev–Trinajstić information content (AvgIpc) is 3.01. The third-order valence-electron chi connectivity index (χ3n) is 4.32. The molecule has 3 aromatic rings. The van der Waals surface area contributed by atoms with Crippen LogP contribution in [0.2, 0.25) is 0 Å². The van der Waals surface area contributed by atoms with E-state index in [1.807, 2.05) is 48.2 Å². The molecule has 1 aliphatic heterocycles. The van der Waals surface area contributed by atoms with Crippen LogP contribution in [0.3, 0.4) is 0 Å². The van der Waals surface area contributed by atoms with Gasteiger partial charge in [0.25, 0.3) is 5.91 Å². The van der Waals surface area contributed by atoms with Crippen molar-refractivity contribution in [1.29, 1.82) is 0 Å². The van der Waals surface area contributed by atoms with Gasteiger partial charge in [0, 0.05) is 29.9 Å². The van der Waals surface area contributed by atoms with Gasteiger partial charge in [0.1, 0.15) is 17.4 Å². The normalized spacial score (nSPS) is 18.0. The molecule has 122 valence electrons. The summed E-state index contributed by atoms with van der Waals surface area (Å²) in [4.78, 5) is 18.7. The first kappa shape index (κ1) is 14.9. The number of aryl methyl sites for hydroxylation is 1. The topological polar surface area (TPSA) is 55.6 Å². The van der Waals surface area contributed by atoms with Crippen LogP contribution in [0.4, 0.5) is 0 Å². The molecule has 0 N–H and O–H groups in total. The summed E-state index contributed by atoms with van der Waals surface area (Å²) < 4.78 is 11.4. The van der Waals surface area contributed by atoms with Gasteiger partial charge in [0.05, 0.1) is 13.2 Å². The molecule has 1 fully saturated rings. The highest BCUT2D eigenvalue weighted by atomic mass is 16.5. The van der Waals surface area contributed by atoms with Crippen molar-refractivity contribution in [3.05, 3.63) is 65.7 Å². The predicted molar refractivity (Wildman–Crippen MR) is 89.8 cm³/mol. The van der Waals surface area contributed by atoms with Crippen molar-refractivity contribution >= 4 is 16.9 Å². The van der Waals surface area contributed by atoms with E-state index in [2.05, 4.69) is 4.98 Å². The lowest BCUT2D eigenvalue weighted by atomic mass is 10.1. The van der Waals surface area contributed by atoms with E-state index in [0.717, 1.165) is 22.3 Å². The second kappa shape index (κ2) is 6.09. The summed E-state index contributed by atoms with van der Waals surface area (Å²) in [5, 5.41) is 0.956. The summed E-state index contributed by atoms with van der Waals surface area (Å²) in [6.45, 7) is 3.59. The smallest absolute Gasteiger partial charge is 0.254 e. The number of carbonyl (C=O) groups excluding carboxylic acids is 1. The van der Waals surface area contributed by atoms with Crippen LogP contribution in [-0.2, 0) is 4.74 Å². The number of pyridine rings is 1. The van der Waals surface area contributed by atoms with Crippen LogP contribution in [0.25, 0.3) is 11.0 Å². The average molecular weight is 322 g/mol. The molecule has 0 radical (unpaired) electrons. The molecule has 0 aliphatic carbocycles. The Hall–Kier alpha value is -2.66. The lowest BCUT2D eigenvalue weighted by Crippen LogP contribution is -2.42. The SMILES string of the molecule is Cc1cc2cc(C(=O)N3CCO[C@H](c4ccncc4)C3)ccc2o1. The minimum absolute atomic E-state index is 0.0260. The Kier molecular flexibility index (Phi) is 3.78. The van der Waals surface area contributed by atoms with Crippen molar-refractivity contribution in [2.24, 2.45) is 0 Å². The number of nitrogens with zero attached hydrogens (tertiary/aromatic N) is 2. The Morgan fingerprint density at radius 3 is 2.88 bits per heavy atom. The summed E-state index contributed by atoms with van der Waals surface area (Å²) in [5.41, 5.74) is 2.53. The van der Waals surface area contributed by atoms with E-state index < -0.39 is 0 Å². The van der Waals surface area contributed by atoms with Gasteiger partial charge in [-0.05, 0) is 48.9 Å². The molecule has 0 spiro atoms. The van der Waals surface area contributed by atoms with Gasteiger partial charge in [-0.25, -0.2) is 0 Å². The van der Waals surface area contributed by atoms with Crippen LogP contribution < -0.4 is 0 Å². The summed E-state index contributed by atoms with van der Waals surface area (Å²) in [6, 6.07) is 11.4. The maximum Gasteiger partial charge on any atom is 0.254 e. The zero-order chi connectivity index (χ0) is 16.5. The van der Waals surface area contributed by atoms with Crippen molar-refractivity contribution in [3.63, 3.8) is 0 Å². The summed E-state index contributed by atoms with van der Waals surface area (Å²) in [7, 11) is 0. The Labute approximate surface area is 139 Å². The first-order valence-corrected chi connectivity index (χ1v) is 8.02. The zero-order valence-corrected chi connectivity index (χ0v) is 13.4. The molecule has 1 aromatic carbocycles. The number of rotatable bonds is 2. The molecule has 0 bridgehead atoms. The van der Waals surface area contributed by atoms with Gasteiger partial charge >= 0.3 is 0 Å². The number of hydrogen-bond acceptors (Lipinski definition) is 4. The molecule has 0 saturated carbocycles. The van der Waals surface area contributed by atoms with Gasteiger partial charge in [-0.15, -0.1) is 0 Å². The molecule has 0 unspecified atom stereocenters. The van der Waals surface area contributed by atoms with E-state index in [1.54, 1.807) is 12.4 Å². The number of carbonyl (C=O) groups is 1. The zero-order valence-electron chi connectivity index (χ0n) is 13.4. The number of amides is 1. The van der Waals surface area contributed by atoms with Crippen LogP contribution in [-0.4, -0.2) is 35.5 Å². The van der Waals surface area contributed by atoms with Crippen LogP contribution >= 0.6 is 0 Å². The van der Waals surface area contributed by atoms with Crippen LogP contribution in [0.1, 0.15) is 27.8 Å². The molecule has 3 heterocycles. The van der Waals surface area contributed by atoms with Crippen LogP contribution in [0, 0.1) is 6.92 Å². The van der Waals surface area contributed by atoms with Crippen molar-refractivity contribution < 1.29 is 13.9 Å². The number of aromatic nitrogens is 1. The number of hydrogen-bond donors (Lipinski definition) is 0. The molecular formula is C19H18N2O3. The van der Waals surface area contributed by atoms with E-state index >= 15 is 0 Å². The minimum Gasteiger partial charge on any atom is -0.461 e. The highest BCUT2D eigenvalue weighted by Gasteiger charge is 2.26. The largest absolute Gasteiger partial charge is 0.461 e. The number of furan rings is 1. The van der Waals surface area contributed by atoms with Gasteiger partial charge in [0.2, 0.25) is 0 Å². The second-order valence-corrected chi connectivity index (χ2v) is 6.00. The van der Waals surface area contributed by atoms with Gasteiger partial charge in [-0.2, -0.15) is 0 Å². The van der Waals surface area contributed by atoms with Gasteiger partial charge in [0.15, 0.2) is 0 Å². The fourth-order valence-electron chi connectivity index (χ4n) is 3.11. The maximum atomic E-state index is 12.9. The van der Waals surface area contributed by atoms with Crippen molar-refractivity contribution in [1.82, 2.24) is 9.88 Å². The number of ether oxygens (including phenoxy) is 1. The fourth-order valence-corrected chi connectivity index (χ4v) is 3.11. The van der Waals surface area contributed by atoms with E-state index in [9.17, 15) is 4.79 Å². The monoisotopic (exact) mass is 322 g/mol. The highest BCUT2D eigenvalue weighted by molar-refractivity contribution is 5.98. The van der Waals surface area contributed by atoms with Crippen molar-refractivity contribution in [2.45, 2.75) is 13.0 Å². The van der Waals surface area contributed by atoms with Gasteiger partial charge in [-0.1, -0.05) is 0 Å². The lowest BCUT2D eigenvalue weighted by Gasteiger charge is -2.33. The molecule has 1 amide bonds. The minimum atomic E-state index is -0.106. The molecule has 5 heteroatoms. The Morgan fingerprint density at radius 1 is 1.21 bits per heavy atom. The van der Waals surface area contributed by atoms with Crippen LogP contribution in [0.15, 0.2) is 53.2 Å². The molecule has 1 saturated heterocycles. The van der Waals surface area contributed by atoms with E-state index in [0.29, 0.717) is 25.3 Å². The van der Waals surface area contributed by atoms with Crippen molar-refractivity contribution in [3.8, 4) is 0 Å². The lowest BCUT2D eigenvalue weighted by molar-refractivity contribution is -0.0228. The number of morpholine rings is 1. The number of benzene rings is 1. The Bertz CT molecular complexity index is 873. The third kappa shape index (κ3) is 2.78. The Morgan fingerprint density at radius 2 is 2.04 bits per heavy atom. The fraction of sp³-hybridized carbons (Fsp3) is 0.263. The molecule has 1 aliphatic rings. The van der Waals surface area contributed by atoms with Crippen LogP contribution in [0.5, 0.6) is 0 Å². The molecular weight excluding hydrogens is 304 g/mol. The first-order valence-electron chi connectivity index (χ1n) is 8.02. The van der Waals surface area contributed by atoms with Gasteiger partial charge < -0.3 is 14.1 Å². The quantitative estimate of drug-likeness (QED) is 0.726. The van der Waals surface area contributed by atoms with E-state index in [-0.39, 0.29) is 12.0 Å². The molecule has 4 rings (SSSR count).